The van der Waals surface area contributed by atoms with E-state index in [9.17, 15) is 4.79 Å². The number of hydrogen-bond acceptors (Lipinski definition) is 4. The molecule has 1 heterocycles. The molecule has 0 fully saturated rings. The van der Waals surface area contributed by atoms with Crippen molar-refractivity contribution in [3.63, 3.8) is 0 Å². The normalized spacial score (nSPS) is 10.0. The van der Waals surface area contributed by atoms with Crippen molar-refractivity contribution in [1.82, 2.24) is 5.16 Å². The largest absolute Gasteiger partial charge is 0.496 e. The predicted molar refractivity (Wildman–Crippen MR) is 65.2 cm³/mol. The highest BCUT2D eigenvalue weighted by Crippen LogP contribution is 2.24. The fourth-order valence-electron chi connectivity index (χ4n) is 1.32. The van der Waals surface area contributed by atoms with Crippen LogP contribution < -0.4 is 10.1 Å². The average Bonchev–Trinajstić information content (AvgIpc) is 2.81. The molecule has 0 atom stereocenters. The standard InChI is InChI=1S/C11H9BrN2O3/c1-16-10-4-7(12)2-3-9(10)11(15)14-8-5-13-17-6-8/h2-6H,1H3,(H,14,15). The Balaban J connectivity index is 2.24. The highest BCUT2D eigenvalue weighted by molar-refractivity contribution is 9.10. The van der Waals surface area contributed by atoms with E-state index in [-0.39, 0.29) is 5.91 Å². The zero-order valence-corrected chi connectivity index (χ0v) is 10.5. The number of halogens is 1. The van der Waals surface area contributed by atoms with Gasteiger partial charge in [0.15, 0.2) is 0 Å². The van der Waals surface area contributed by atoms with Crippen LogP contribution in [0.4, 0.5) is 5.69 Å². The van der Waals surface area contributed by atoms with Crippen LogP contribution in [0, 0.1) is 0 Å². The van der Waals surface area contributed by atoms with Crippen molar-refractivity contribution in [3.05, 3.63) is 40.7 Å². The third kappa shape index (κ3) is 2.65. The Morgan fingerprint density at radius 3 is 3.00 bits per heavy atom. The summed E-state index contributed by atoms with van der Waals surface area (Å²) < 4.78 is 10.6. The number of benzene rings is 1. The second-order valence-corrected chi connectivity index (χ2v) is 4.13. The van der Waals surface area contributed by atoms with E-state index >= 15 is 0 Å². The van der Waals surface area contributed by atoms with Crippen LogP contribution in [0.2, 0.25) is 0 Å². The minimum Gasteiger partial charge on any atom is -0.496 e. The van der Waals surface area contributed by atoms with E-state index in [0.717, 1.165) is 4.47 Å². The van der Waals surface area contributed by atoms with Gasteiger partial charge in [-0.25, -0.2) is 0 Å². The molecule has 1 amide bonds. The number of nitrogens with zero attached hydrogens (tertiary/aromatic N) is 1. The molecule has 0 radical (unpaired) electrons. The Morgan fingerprint density at radius 1 is 1.53 bits per heavy atom. The van der Waals surface area contributed by atoms with Crippen LogP contribution in [0.15, 0.2) is 39.7 Å². The molecule has 6 heteroatoms. The number of amides is 1. The van der Waals surface area contributed by atoms with Gasteiger partial charge in [-0.1, -0.05) is 21.1 Å². The Morgan fingerprint density at radius 2 is 2.35 bits per heavy atom. The number of hydrogen-bond donors (Lipinski definition) is 1. The average molecular weight is 297 g/mol. The molecule has 0 spiro atoms. The van der Waals surface area contributed by atoms with Crippen LogP contribution in [0.25, 0.3) is 0 Å². The Labute approximate surface area is 106 Å². The van der Waals surface area contributed by atoms with Crippen molar-refractivity contribution in [2.24, 2.45) is 0 Å². The maximum absolute atomic E-state index is 11.9. The topological polar surface area (TPSA) is 64.4 Å². The smallest absolute Gasteiger partial charge is 0.259 e. The molecule has 0 aliphatic heterocycles. The molecule has 0 saturated carbocycles. The van der Waals surface area contributed by atoms with Crippen LogP contribution in [-0.4, -0.2) is 18.2 Å². The molecule has 0 saturated heterocycles. The molecular formula is C11H9BrN2O3. The van der Waals surface area contributed by atoms with E-state index in [2.05, 4.69) is 30.9 Å². The van der Waals surface area contributed by atoms with E-state index in [0.29, 0.717) is 17.0 Å². The summed E-state index contributed by atoms with van der Waals surface area (Å²) in [6.07, 6.45) is 2.77. The third-order valence-electron chi connectivity index (χ3n) is 2.10. The molecule has 17 heavy (non-hydrogen) atoms. The number of carbonyl (C=O) groups is 1. The summed E-state index contributed by atoms with van der Waals surface area (Å²) in [5, 5.41) is 6.14. The van der Waals surface area contributed by atoms with Crippen molar-refractivity contribution in [2.45, 2.75) is 0 Å². The van der Waals surface area contributed by atoms with Crippen LogP contribution >= 0.6 is 15.9 Å². The summed E-state index contributed by atoms with van der Waals surface area (Å²) in [7, 11) is 1.51. The molecule has 2 aromatic rings. The first-order valence-electron chi connectivity index (χ1n) is 4.75. The maximum Gasteiger partial charge on any atom is 0.259 e. The highest BCUT2D eigenvalue weighted by Gasteiger charge is 2.13. The van der Waals surface area contributed by atoms with E-state index in [1.54, 1.807) is 18.2 Å². The Hall–Kier alpha value is -1.82. The number of carbonyl (C=O) groups excluding carboxylic acids is 1. The fraction of sp³-hybridized carbons (Fsp3) is 0.0909. The zero-order chi connectivity index (χ0) is 12.3. The first-order valence-corrected chi connectivity index (χ1v) is 5.54. The number of rotatable bonds is 3. The summed E-state index contributed by atoms with van der Waals surface area (Å²) in [6, 6.07) is 5.17. The first kappa shape index (κ1) is 11.7. The van der Waals surface area contributed by atoms with Crippen LogP contribution in [0.5, 0.6) is 5.75 Å². The lowest BCUT2D eigenvalue weighted by molar-refractivity contribution is 0.102. The van der Waals surface area contributed by atoms with Crippen molar-refractivity contribution in [3.8, 4) is 5.75 Å². The number of methoxy groups -OCH3 is 1. The lowest BCUT2D eigenvalue weighted by Gasteiger charge is -2.08. The summed E-state index contributed by atoms with van der Waals surface area (Å²) in [4.78, 5) is 11.9. The molecule has 1 aromatic heterocycles. The first-order chi connectivity index (χ1) is 8.20. The summed E-state index contributed by atoms with van der Waals surface area (Å²) in [5.74, 6) is 0.214. The van der Waals surface area contributed by atoms with Crippen molar-refractivity contribution in [2.75, 3.05) is 12.4 Å². The van der Waals surface area contributed by atoms with Crippen molar-refractivity contribution in [1.29, 1.82) is 0 Å². The second-order valence-electron chi connectivity index (χ2n) is 3.21. The van der Waals surface area contributed by atoms with Gasteiger partial charge in [0, 0.05) is 4.47 Å². The predicted octanol–water partition coefficient (Wildman–Crippen LogP) is 2.70. The summed E-state index contributed by atoms with van der Waals surface area (Å²) in [6.45, 7) is 0. The second kappa shape index (κ2) is 5.01. The lowest BCUT2D eigenvalue weighted by atomic mass is 10.2. The highest BCUT2D eigenvalue weighted by atomic mass is 79.9. The van der Waals surface area contributed by atoms with Gasteiger partial charge in [0.1, 0.15) is 17.7 Å². The molecule has 5 nitrogen and oxygen atoms in total. The molecule has 1 N–H and O–H groups in total. The molecule has 2 rings (SSSR count). The fourth-order valence-corrected chi connectivity index (χ4v) is 1.66. The van der Waals surface area contributed by atoms with Gasteiger partial charge in [-0.05, 0) is 18.2 Å². The summed E-state index contributed by atoms with van der Waals surface area (Å²) in [5.41, 5.74) is 0.942. The van der Waals surface area contributed by atoms with Gasteiger partial charge in [0.05, 0.1) is 18.9 Å². The Bertz CT molecular complexity index is 526. The SMILES string of the molecule is COc1cc(Br)ccc1C(=O)Nc1cnoc1. The number of anilines is 1. The zero-order valence-electron chi connectivity index (χ0n) is 8.94. The quantitative estimate of drug-likeness (QED) is 0.946. The van der Waals surface area contributed by atoms with E-state index < -0.39 is 0 Å². The minimum absolute atomic E-state index is 0.280. The van der Waals surface area contributed by atoms with E-state index in [1.807, 2.05) is 0 Å². The van der Waals surface area contributed by atoms with Crippen LogP contribution in [0.3, 0.4) is 0 Å². The van der Waals surface area contributed by atoms with Gasteiger partial charge >= 0.3 is 0 Å². The monoisotopic (exact) mass is 296 g/mol. The number of aromatic nitrogens is 1. The van der Waals surface area contributed by atoms with E-state index in [4.69, 9.17) is 4.74 Å². The van der Waals surface area contributed by atoms with E-state index in [1.165, 1.54) is 19.6 Å². The number of ether oxygens (including phenoxy) is 1. The van der Waals surface area contributed by atoms with Gasteiger partial charge in [-0.3, -0.25) is 4.79 Å². The van der Waals surface area contributed by atoms with Crippen LogP contribution in [-0.2, 0) is 0 Å². The van der Waals surface area contributed by atoms with Gasteiger partial charge in [0.25, 0.3) is 5.91 Å². The lowest BCUT2D eigenvalue weighted by Crippen LogP contribution is -2.12. The van der Waals surface area contributed by atoms with Crippen molar-refractivity contribution >= 4 is 27.5 Å². The molecule has 88 valence electrons. The Kier molecular flexibility index (Phi) is 3.43. The summed E-state index contributed by atoms with van der Waals surface area (Å²) >= 11 is 3.31. The van der Waals surface area contributed by atoms with Gasteiger partial charge in [0.2, 0.25) is 0 Å². The molecular weight excluding hydrogens is 288 g/mol. The minimum atomic E-state index is -0.280. The third-order valence-corrected chi connectivity index (χ3v) is 2.59. The molecule has 0 unspecified atom stereocenters. The molecule has 0 aliphatic carbocycles. The van der Waals surface area contributed by atoms with Crippen LogP contribution in [0.1, 0.15) is 10.4 Å². The molecule has 0 bridgehead atoms. The van der Waals surface area contributed by atoms with Crippen molar-refractivity contribution < 1.29 is 14.1 Å². The van der Waals surface area contributed by atoms with Gasteiger partial charge in [-0.15, -0.1) is 0 Å². The van der Waals surface area contributed by atoms with Gasteiger partial charge < -0.3 is 14.6 Å². The molecule has 1 aromatic carbocycles. The maximum atomic E-state index is 11.9. The number of nitrogens with one attached hydrogen (secondary N) is 1. The molecule has 0 aliphatic rings. The van der Waals surface area contributed by atoms with Gasteiger partial charge in [-0.2, -0.15) is 0 Å².